The van der Waals surface area contributed by atoms with Gasteiger partial charge in [-0.1, -0.05) is 0 Å². The van der Waals surface area contributed by atoms with Gasteiger partial charge in [-0.15, -0.1) is 0 Å². The zero-order valence-corrected chi connectivity index (χ0v) is 10.3. The van der Waals surface area contributed by atoms with E-state index >= 15 is 0 Å². The second-order valence-corrected chi connectivity index (χ2v) is 5.24. The van der Waals surface area contributed by atoms with Crippen molar-refractivity contribution in [2.75, 3.05) is 6.61 Å². The molecule has 0 radical (unpaired) electrons. The third-order valence-corrected chi connectivity index (χ3v) is 3.94. The number of ether oxygens (including phenoxy) is 1. The fourth-order valence-electron chi connectivity index (χ4n) is 2.95. The van der Waals surface area contributed by atoms with Gasteiger partial charge in [0.05, 0.1) is 12.2 Å². The minimum atomic E-state index is -4.35. The molecule has 1 aromatic heterocycles. The summed E-state index contributed by atoms with van der Waals surface area (Å²) in [5, 5.41) is 3.49. The summed E-state index contributed by atoms with van der Waals surface area (Å²) in [5.74, 6) is 0.707. The summed E-state index contributed by atoms with van der Waals surface area (Å²) in [4.78, 5) is 3.71. The Morgan fingerprint density at radius 1 is 1.32 bits per heavy atom. The summed E-state index contributed by atoms with van der Waals surface area (Å²) in [6.07, 6.45) is -0.0570. The molecule has 1 aromatic rings. The summed E-state index contributed by atoms with van der Waals surface area (Å²) in [6, 6.07) is 3.38. The van der Waals surface area contributed by atoms with Gasteiger partial charge in [0.2, 0.25) is 5.88 Å². The number of hydrogen-bond donors (Lipinski definition) is 1. The third-order valence-electron chi connectivity index (χ3n) is 3.94. The van der Waals surface area contributed by atoms with E-state index in [-0.39, 0.29) is 5.88 Å². The fourth-order valence-corrected chi connectivity index (χ4v) is 2.95. The summed E-state index contributed by atoms with van der Waals surface area (Å²) in [7, 11) is 0. The van der Waals surface area contributed by atoms with Crippen LogP contribution in [0.1, 0.15) is 24.8 Å². The first kappa shape index (κ1) is 12.7. The van der Waals surface area contributed by atoms with E-state index in [4.69, 9.17) is 4.74 Å². The van der Waals surface area contributed by atoms with Gasteiger partial charge >= 0.3 is 6.18 Å². The lowest BCUT2D eigenvalue weighted by molar-refractivity contribution is -0.137. The smallest absolute Gasteiger partial charge is 0.417 e. The molecule has 3 nitrogen and oxygen atoms in total. The highest BCUT2D eigenvalue weighted by atomic mass is 19.4. The Morgan fingerprint density at radius 2 is 2.16 bits per heavy atom. The number of nitrogens with one attached hydrogen (secondary N) is 1. The molecule has 0 aliphatic carbocycles. The topological polar surface area (TPSA) is 34.1 Å². The van der Waals surface area contributed by atoms with Gasteiger partial charge in [-0.05, 0) is 25.3 Å². The predicted octanol–water partition coefficient (Wildman–Crippen LogP) is 2.62. The molecule has 2 fully saturated rings. The summed E-state index contributed by atoms with van der Waals surface area (Å²) >= 11 is 0. The van der Waals surface area contributed by atoms with Crippen LogP contribution in [0, 0.1) is 5.92 Å². The lowest BCUT2D eigenvalue weighted by Crippen LogP contribution is -2.27. The number of halogens is 3. The van der Waals surface area contributed by atoms with Crippen LogP contribution >= 0.6 is 0 Å². The Kier molecular flexibility index (Phi) is 3.12. The summed E-state index contributed by atoms with van der Waals surface area (Å²) in [5.41, 5.74) is -0.749. The van der Waals surface area contributed by atoms with Crippen molar-refractivity contribution in [3.8, 4) is 5.88 Å². The lowest BCUT2D eigenvalue weighted by Gasteiger charge is -2.20. The SMILES string of the molecule is FC(F)(F)c1ccc(OCC2CC3CCC2N3)nc1. The molecular weight excluding hydrogens is 257 g/mol. The number of nitrogens with zero attached hydrogens (tertiary/aromatic N) is 1. The minimum Gasteiger partial charge on any atom is -0.477 e. The Bertz CT molecular complexity index is 446. The second-order valence-electron chi connectivity index (χ2n) is 5.24. The highest BCUT2D eigenvalue weighted by Gasteiger charge is 2.39. The monoisotopic (exact) mass is 272 g/mol. The molecule has 3 heterocycles. The Hall–Kier alpha value is -1.30. The van der Waals surface area contributed by atoms with E-state index in [0.717, 1.165) is 18.7 Å². The van der Waals surface area contributed by atoms with Crippen molar-refractivity contribution in [1.82, 2.24) is 10.3 Å². The van der Waals surface area contributed by atoms with Crippen molar-refractivity contribution in [3.63, 3.8) is 0 Å². The number of hydrogen-bond acceptors (Lipinski definition) is 3. The zero-order valence-electron chi connectivity index (χ0n) is 10.3. The Labute approximate surface area is 109 Å². The van der Waals surface area contributed by atoms with Crippen molar-refractivity contribution >= 4 is 0 Å². The molecule has 2 aliphatic heterocycles. The van der Waals surface area contributed by atoms with Crippen LogP contribution in [-0.4, -0.2) is 23.7 Å². The zero-order chi connectivity index (χ0) is 13.5. The molecule has 3 unspecified atom stereocenters. The normalized spacial score (nSPS) is 29.7. The Morgan fingerprint density at radius 3 is 2.68 bits per heavy atom. The van der Waals surface area contributed by atoms with Crippen LogP contribution in [0.3, 0.4) is 0 Å². The molecule has 104 valence electrons. The number of rotatable bonds is 3. The number of alkyl halides is 3. The maximum Gasteiger partial charge on any atom is 0.417 e. The van der Waals surface area contributed by atoms with Crippen LogP contribution in [0.2, 0.25) is 0 Å². The van der Waals surface area contributed by atoms with E-state index in [1.54, 1.807) is 0 Å². The van der Waals surface area contributed by atoms with E-state index in [1.807, 2.05) is 0 Å². The maximum atomic E-state index is 12.4. The highest BCUT2D eigenvalue weighted by Crippen LogP contribution is 2.33. The van der Waals surface area contributed by atoms with Crippen molar-refractivity contribution in [2.24, 2.45) is 5.92 Å². The van der Waals surface area contributed by atoms with Crippen LogP contribution in [-0.2, 0) is 6.18 Å². The first-order chi connectivity index (χ1) is 9.02. The van der Waals surface area contributed by atoms with Crippen molar-refractivity contribution in [1.29, 1.82) is 0 Å². The van der Waals surface area contributed by atoms with E-state index < -0.39 is 11.7 Å². The van der Waals surface area contributed by atoms with Crippen LogP contribution in [0.15, 0.2) is 18.3 Å². The molecule has 19 heavy (non-hydrogen) atoms. The van der Waals surface area contributed by atoms with Crippen molar-refractivity contribution in [3.05, 3.63) is 23.9 Å². The molecule has 0 amide bonds. The van der Waals surface area contributed by atoms with Gasteiger partial charge in [0.1, 0.15) is 0 Å². The first-order valence-electron chi connectivity index (χ1n) is 6.44. The van der Waals surface area contributed by atoms with Crippen molar-refractivity contribution < 1.29 is 17.9 Å². The summed E-state index contributed by atoms with van der Waals surface area (Å²) in [6.45, 7) is 0.520. The maximum absolute atomic E-state index is 12.4. The van der Waals surface area contributed by atoms with Gasteiger partial charge in [0, 0.05) is 30.3 Å². The minimum absolute atomic E-state index is 0.260. The Balaban J connectivity index is 1.56. The average molecular weight is 272 g/mol. The van der Waals surface area contributed by atoms with Crippen LogP contribution in [0.4, 0.5) is 13.2 Å². The van der Waals surface area contributed by atoms with Gasteiger partial charge in [0.15, 0.2) is 0 Å². The largest absolute Gasteiger partial charge is 0.477 e. The highest BCUT2D eigenvalue weighted by molar-refractivity contribution is 5.20. The van der Waals surface area contributed by atoms with E-state index in [9.17, 15) is 13.2 Å². The standard InChI is InChI=1S/C13H15F3N2O/c14-13(15,16)9-1-4-12(17-6-9)19-7-8-5-10-2-3-11(8)18-10/h1,4,6,8,10-11,18H,2-3,5,7H2. The molecule has 3 rings (SSSR count). The number of pyridine rings is 1. The summed E-state index contributed by atoms with van der Waals surface area (Å²) < 4.78 is 42.6. The quantitative estimate of drug-likeness (QED) is 0.918. The van der Waals surface area contributed by atoms with E-state index in [0.29, 0.717) is 24.6 Å². The van der Waals surface area contributed by atoms with Crippen LogP contribution in [0.25, 0.3) is 0 Å². The third kappa shape index (κ3) is 2.68. The number of aromatic nitrogens is 1. The molecule has 0 aromatic carbocycles. The molecule has 2 aliphatic rings. The first-order valence-corrected chi connectivity index (χ1v) is 6.44. The van der Waals surface area contributed by atoms with Crippen molar-refractivity contribution in [2.45, 2.75) is 37.5 Å². The molecule has 2 bridgehead atoms. The second kappa shape index (κ2) is 4.67. The molecule has 0 spiro atoms. The van der Waals surface area contributed by atoms with Gasteiger partial charge in [0.25, 0.3) is 0 Å². The van der Waals surface area contributed by atoms with Gasteiger partial charge < -0.3 is 10.1 Å². The van der Waals surface area contributed by atoms with E-state index in [1.165, 1.54) is 18.9 Å². The van der Waals surface area contributed by atoms with Gasteiger partial charge in [-0.2, -0.15) is 13.2 Å². The van der Waals surface area contributed by atoms with E-state index in [2.05, 4.69) is 10.3 Å². The van der Waals surface area contributed by atoms with Gasteiger partial charge in [-0.3, -0.25) is 0 Å². The molecule has 6 heteroatoms. The average Bonchev–Trinajstić information content (AvgIpc) is 2.98. The molecule has 3 atom stereocenters. The lowest BCUT2D eigenvalue weighted by atomic mass is 9.90. The van der Waals surface area contributed by atoms with Gasteiger partial charge in [-0.25, -0.2) is 4.98 Å². The molecule has 0 saturated carbocycles. The molecular formula is C13H15F3N2O. The van der Waals surface area contributed by atoms with Crippen LogP contribution < -0.4 is 10.1 Å². The molecule has 1 N–H and O–H groups in total. The fraction of sp³-hybridized carbons (Fsp3) is 0.615. The van der Waals surface area contributed by atoms with Crippen LogP contribution in [0.5, 0.6) is 5.88 Å². The predicted molar refractivity (Wildman–Crippen MR) is 62.8 cm³/mol. The molecule has 2 saturated heterocycles. The number of fused-ring (bicyclic) bond motifs is 2.